The number of rotatable bonds is 34. The number of hydrogen-bond donors (Lipinski definition) is 15. The van der Waals surface area contributed by atoms with E-state index < -0.39 is 156 Å². The molecule has 0 saturated carbocycles. The SMILES string of the molecule is CC(=O)O.CSCC[C@H](NC(=O)[C@H](Cc1ccccc1)NC(=O)[C@H](Cc1cnc[nH]1)NC(=O)CNC(=O)[C@@H](NC(=O)[C@H](C)NC(=O)[C@H](Cc1c[nH]c2ccccc12)NC(=O)[C@H](CCC(N)=O)NC(=O)[C@@H]1CCCN1C(=O)[C@@H](NC(=O)[C@@H]1CCC(=O)N1)C(C)C)C(C)C)C(N)=O. The van der Waals surface area contributed by atoms with Crippen molar-refractivity contribution in [3.05, 3.63) is 90.1 Å². The van der Waals surface area contributed by atoms with Crippen LogP contribution in [0.5, 0.6) is 0 Å². The first-order chi connectivity index (χ1) is 45.1. The number of amides is 13. The number of nitrogens with two attached hydrogens (primary N) is 2. The zero-order chi connectivity index (χ0) is 70.1. The van der Waals surface area contributed by atoms with Gasteiger partial charge in [0.1, 0.15) is 60.4 Å². The van der Waals surface area contributed by atoms with Crippen LogP contribution in [0.3, 0.4) is 0 Å². The number of aromatic nitrogens is 3. The van der Waals surface area contributed by atoms with Gasteiger partial charge in [0.15, 0.2) is 0 Å². The van der Waals surface area contributed by atoms with E-state index in [1.54, 1.807) is 88.5 Å². The molecule has 2 saturated heterocycles. The van der Waals surface area contributed by atoms with Crippen molar-refractivity contribution in [2.45, 2.75) is 166 Å². The minimum Gasteiger partial charge on any atom is -0.481 e. The van der Waals surface area contributed by atoms with Gasteiger partial charge < -0.3 is 84.6 Å². The molecule has 31 nitrogen and oxygen atoms in total. The third-order valence-corrected chi connectivity index (χ3v) is 16.3. The second-order valence-corrected chi connectivity index (χ2v) is 24.8. The third-order valence-electron chi connectivity index (χ3n) is 15.7. The molecule has 0 aliphatic carbocycles. The summed E-state index contributed by atoms with van der Waals surface area (Å²) in [5.41, 5.74) is 13.5. The molecule has 2 aromatic carbocycles. The molecule has 17 N–H and O–H groups in total. The molecule has 0 unspecified atom stereocenters. The number of primary amides is 2. The number of nitrogens with one attached hydrogen (secondary N) is 12. The second-order valence-electron chi connectivity index (χ2n) is 23.9. The number of H-pyrrole nitrogens is 2. The number of aromatic amines is 2. The van der Waals surface area contributed by atoms with Crippen LogP contribution in [0.1, 0.15) is 103 Å². The lowest BCUT2D eigenvalue weighted by Crippen LogP contribution is -2.60. The Bertz CT molecular complexity index is 3360. The van der Waals surface area contributed by atoms with Crippen molar-refractivity contribution in [3.63, 3.8) is 0 Å². The van der Waals surface area contributed by atoms with Gasteiger partial charge in [0.2, 0.25) is 76.8 Å². The molecule has 2 aliphatic rings. The lowest BCUT2D eigenvalue weighted by molar-refractivity contribution is -0.143. The minimum atomic E-state index is -1.48. The Hall–Kier alpha value is -9.88. The molecule has 13 amide bonds. The van der Waals surface area contributed by atoms with Crippen molar-refractivity contribution in [1.82, 2.24) is 73.0 Å². The van der Waals surface area contributed by atoms with Crippen molar-refractivity contribution < 1.29 is 72.2 Å². The summed E-state index contributed by atoms with van der Waals surface area (Å²) in [6.07, 6.45) is 6.55. The Morgan fingerprint density at radius 1 is 0.663 bits per heavy atom. The number of thioether (sulfide) groups is 1. The normalized spacial score (nSPS) is 16.7. The Morgan fingerprint density at radius 2 is 1.27 bits per heavy atom. The molecule has 6 rings (SSSR count). The van der Waals surface area contributed by atoms with E-state index in [9.17, 15) is 62.3 Å². The second kappa shape index (κ2) is 37.1. The van der Waals surface area contributed by atoms with Crippen molar-refractivity contribution in [2.24, 2.45) is 23.3 Å². The minimum absolute atomic E-state index is 0.00439. The number of hydrogen-bond acceptors (Lipinski definition) is 16. The maximum Gasteiger partial charge on any atom is 0.300 e. The Labute approximate surface area is 553 Å². The first-order valence-corrected chi connectivity index (χ1v) is 32.6. The van der Waals surface area contributed by atoms with Crippen LogP contribution < -0.4 is 64.6 Å². The zero-order valence-electron chi connectivity index (χ0n) is 54.2. The lowest BCUT2D eigenvalue weighted by atomic mass is 10.0. The van der Waals surface area contributed by atoms with Gasteiger partial charge >= 0.3 is 0 Å². The number of carboxylic acids is 1. The summed E-state index contributed by atoms with van der Waals surface area (Å²) in [4.78, 5) is 196. The fraction of sp³-hybridized carbons (Fsp3) is 0.508. The molecule has 2 aromatic heterocycles. The monoisotopic (exact) mass is 1340 g/mol. The van der Waals surface area contributed by atoms with Crippen molar-refractivity contribution >= 4 is 105 Å². The maximum atomic E-state index is 14.5. The highest BCUT2D eigenvalue weighted by atomic mass is 32.2. The van der Waals surface area contributed by atoms with Crippen LogP contribution in [-0.4, -0.2) is 193 Å². The number of imidazole rings is 1. The van der Waals surface area contributed by atoms with Gasteiger partial charge in [0.05, 0.1) is 12.9 Å². The highest BCUT2D eigenvalue weighted by molar-refractivity contribution is 7.98. The Kier molecular flexibility index (Phi) is 29.6. The first-order valence-electron chi connectivity index (χ1n) is 31.2. The van der Waals surface area contributed by atoms with Crippen LogP contribution in [0, 0.1) is 11.8 Å². The van der Waals surface area contributed by atoms with Gasteiger partial charge in [-0.15, -0.1) is 0 Å². The average Bonchev–Trinajstić information content (AvgIpc) is 1.75. The first kappa shape index (κ1) is 75.8. The van der Waals surface area contributed by atoms with Crippen LogP contribution in [0.4, 0.5) is 0 Å². The predicted molar refractivity (Wildman–Crippen MR) is 348 cm³/mol. The number of para-hydroxylation sites is 1. The van der Waals surface area contributed by atoms with E-state index in [0.29, 0.717) is 39.9 Å². The van der Waals surface area contributed by atoms with Gasteiger partial charge in [-0.25, -0.2) is 4.98 Å². The molecule has 516 valence electrons. The van der Waals surface area contributed by atoms with Gasteiger partial charge in [-0.3, -0.25) is 67.1 Å². The van der Waals surface area contributed by atoms with E-state index in [1.165, 1.54) is 36.1 Å². The summed E-state index contributed by atoms with van der Waals surface area (Å²) in [6, 6.07) is 3.79. The molecule has 0 bridgehead atoms. The van der Waals surface area contributed by atoms with E-state index in [2.05, 4.69) is 68.1 Å². The Balaban J connectivity index is 0.00000397. The molecule has 32 heteroatoms. The van der Waals surface area contributed by atoms with Gasteiger partial charge in [-0.1, -0.05) is 76.2 Å². The zero-order valence-corrected chi connectivity index (χ0v) is 55.0. The predicted octanol–water partition coefficient (Wildman–Crippen LogP) is -1.89. The maximum absolute atomic E-state index is 14.5. The lowest BCUT2D eigenvalue weighted by Gasteiger charge is -2.32. The van der Waals surface area contributed by atoms with Crippen molar-refractivity contribution in [2.75, 3.05) is 25.1 Å². The van der Waals surface area contributed by atoms with Crippen molar-refractivity contribution in [3.8, 4) is 0 Å². The summed E-state index contributed by atoms with van der Waals surface area (Å²) < 4.78 is 0. The topological polar surface area (TPSA) is 479 Å². The summed E-state index contributed by atoms with van der Waals surface area (Å²) >= 11 is 1.45. The van der Waals surface area contributed by atoms with Crippen molar-refractivity contribution in [1.29, 1.82) is 0 Å². The van der Waals surface area contributed by atoms with Crippen LogP contribution in [0.15, 0.2) is 73.3 Å². The molecule has 2 fully saturated rings. The molecule has 10 atom stereocenters. The largest absolute Gasteiger partial charge is 0.481 e. The number of carboxylic acid groups (broad SMARTS) is 1. The van der Waals surface area contributed by atoms with E-state index in [-0.39, 0.29) is 70.2 Å². The van der Waals surface area contributed by atoms with E-state index >= 15 is 0 Å². The number of benzene rings is 2. The van der Waals surface area contributed by atoms with Gasteiger partial charge in [-0.2, -0.15) is 11.8 Å². The Morgan fingerprint density at radius 3 is 1.87 bits per heavy atom. The molecular weight excluding hydrogens is 1250 g/mol. The quantitative estimate of drug-likeness (QED) is 0.0243. The summed E-state index contributed by atoms with van der Waals surface area (Å²) in [5.74, 6) is -10.8. The number of likely N-dealkylation sites (tertiary alicyclic amines) is 1. The molecule has 0 spiro atoms. The molecular formula is C63H88N16O15S. The van der Waals surface area contributed by atoms with Crippen LogP contribution in [0.2, 0.25) is 0 Å². The highest BCUT2D eigenvalue weighted by Crippen LogP contribution is 2.23. The molecule has 2 aliphatic heterocycles. The number of carbonyl (C=O) groups is 14. The molecule has 4 heterocycles. The van der Waals surface area contributed by atoms with Crippen LogP contribution in [-0.2, 0) is 86.4 Å². The number of fused-ring (bicyclic) bond motifs is 1. The third kappa shape index (κ3) is 23.9. The van der Waals surface area contributed by atoms with Crippen LogP contribution in [0.25, 0.3) is 10.9 Å². The van der Waals surface area contributed by atoms with E-state index in [0.717, 1.165) is 6.92 Å². The van der Waals surface area contributed by atoms with E-state index in [4.69, 9.17) is 21.4 Å². The summed E-state index contributed by atoms with van der Waals surface area (Å²) in [7, 11) is 0. The van der Waals surface area contributed by atoms with E-state index in [1.807, 2.05) is 6.26 Å². The summed E-state index contributed by atoms with van der Waals surface area (Å²) in [5, 5.41) is 34.5. The fourth-order valence-electron chi connectivity index (χ4n) is 10.6. The molecule has 4 aromatic rings. The van der Waals surface area contributed by atoms with Crippen LogP contribution >= 0.6 is 11.8 Å². The van der Waals surface area contributed by atoms with Gasteiger partial charge in [0, 0.05) is 74.6 Å². The van der Waals surface area contributed by atoms with Gasteiger partial charge in [-0.05, 0) is 80.1 Å². The molecule has 95 heavy (non-hydrogen) atoms. The highest BCUT2D eigenvalue weighted by Gasteiger charge is 2.42. The van der Waals surface area contributed by atoms with Gasteiger partial charge in [0.25, 0.3) is 5.97 Å². The number of carbonyl (C=O) groups excluding carboxylic acids is 13. The summed E-state index contributed by atoms with van der Waals surface area (Å²) in [6.45, 7) is 8.57. The average molecular weight is 1340 g/mol. The molecule has 0 radical (unpaired) electrons. The fourth-order valence-corrected chi connectivity index (χ4v) is 11.0. The number of aliphatic carboxylic acids is 1. The smallest absolute Gasteiger partial charge is 0.300 e. The number of nitrogens with zero attached hydrogens (tertiary/aromatic N) is 2. The standard InChI is InChI=1S/C61H84N16O13S.C2H4O2/c1-32(2)50(60(89)66-30-49(80)70-45(27-37-29-64-31-67-37)58(87)73-43(25-35-13-8-7-9-14-35)57(86)71-40(52(63)81)22-24-91-6)75-53(82)34(5)68-56(85)44(26-36-28-65-39-16-11-10-15-38(36)39)74-54(83)42(18-20-47(62)78)72-59(88)46-17-12-23-77(46)61(90)51(33(3)4)76-55(84)41-19-21-48(79)69-41;1-2(3)4/h7-11,13-16,28-29,31-34,40-46,50-51,65H,12,17-27,30H2,1-6H3,(H2,62,78)(H2,63,81)(H,64,67)(H,66,89)(H,68,85)(H,69,79)(H,70,80)(H,71,86)(H,72,88)(H,73,87)(H,74,83)(H,75,82)(H,76,84);1H3,(H,3,4)/t34-,40-,41-,42-,43-,44-,45-,46-,50-,51-;/m0./s1.